The summed E-state index contributed by atoms with van der Waals surface area (Å²) in [5.74, 6) is 1.98. The van der Waals surface area contributed by atoms with Crippen LogP contribution in [-0.4, -0.2) is 28.5 Å². The summed E-state index contributed by atoms with van der Waals surface area (Å²) in [6.07, 6.45) is 6.06. The fourth-order valence-electron chi connectivity index (χ4n) is 5.92. The van der Waals surface area contributed by atoms with Crippen molar-refractivity contribution in [1.29, 1.82) is 0 Å². The maximum Gasteiger partial charge on any atom is 0.333 e. The summed E-state index contributed by atoms with van der Waals surface area (Å²) >= 11 is 0. The number of carbonyl (C=O) groups excluding carboxylic acids is 2. The molecule has 4 aliphatic rings. The Morgan fingerprint density at radius 3 is 2.27 bits per heavy atom. The minimum absolute atomic E-state index is 0.0116. The molecule has 0 spiro atoms. The zero-order valence-electron chi connectivity index (χ0n) is 17.3. The number of amides is 3. The van der Waals surface area contributed by atoms with Crippen molar-refractivity contribution in [3.05, 3.63) is 33.9 Å². The first-order valence-electron chi connectivity index (χ1n) is 10.5. The molecule has 9 nitrogen and oxygen atoms in total. The van der Waals surface area contributed by atoms with E-state index in [-0.39, 0.29) is 11.2 Å². The van der Waals surface area contributed by atoms with Crippen LogP contribution < -0.4 is 20.9 Å². The smallest absolute Gasteiger partial charge is 0.333 e. The van der Waals surface area contributed by atoms with Crippen LogP contribution in [0.3, 0.4) is 0 Å². The molecule has 162 valence electrons. The summed E-state index contributed by atoms with van der Waals surface area (Å²) < 4.78 is 5.55. The largest absolute Gasteiger partial charge is 0.481 e. The van der Waals surface area contributed by atoms with Crippen molar-refractivity contribution in [2.75, 3.05) is 0 Å². The fourth-order valence-corrected chi connectivity index (χ4v) is 5.92. The molecule has 4 saturated carbocycles. The molecule has 0 saturated heterocycles. The predicted octanol–water partition coefficient (Wildman–Crippen LogP) is 2.97. The van der Waals surface area contributed by atoms with Gasteiger partial charge in [-0.05, 0) is 82.3 Å². The lowest BCUT2D eigenvalue weighted by molar-refractivity contribution is -0.385. The third-order valence-electron chi connectivity index (χ3n) is 6.76. The third-order valence-corrected chi connectivity index (χ3v) is 6.76. The molecule has 0 aromatic heterocycles. The molecular weight excluding hydrogens is 388 g/mol. The molecule has 0 unspecified atom stereocenters. The normalized spacial score (nSPS) is 29.7. The van der Waals surface area contributed by atoms with Gasteiger partial charge in [0.05, 0.1) is 4.92 Å². The van der Waals surface area contributed by atoms with Gasteiger partial charge in [-0.3, -0.25) is 20.3 Å². The summed E-state index contributed by atoms with van der Waals surface area (Å²) in [4.78, 5) is 35.1. The average Bonchev–Trinajstić information content (AvgIpc) is 2.64. The van der Waals surface area contributed by atoms with E-state index in [0.29, 0.717) is 29.1 Å². The van der Waals surface area contributed by atoms with E-state index in [0.717, 1.165) is 19.3 Å². The third kappa shape index (κ3) is 4.20. The number of hydrazine groups is 1. The van der Waals surface area contributed by atoms with E-state index >= 15 is 0 Å². The lowest BCUT2D eigenvalue weighted by atomic mass is 9.53. The molecule has 3 amide bonds. The number of carbonyl (C=O) groups is 2. The van der Waals surface area contributed by atoms with E-state index in [9.17, 15) is 19.7 Å². The van der Waals surface area contributed by atoms with Crippen LogP contribution in [0.4, 0.5) is 10.5 Å². The molecule has 5 rings (SSSR count). The fraction of sp³-hybridized carbons (Fsp3) is 0.619. The van der Waals surface area contributed by atoms with Gasteiger partial charge in [-0.25, -0.2) is 10.2 Å². The molecule has 3 N–H and O–H groups in total. The Morgan fingerprint density at radius 1 is 1.13 bits per heavy atom. The average molecular weight is 416 g/mol. The van der Waals surface area contributed by atoms with Crippen molar-refractivity contribution < 1.29 is 19.2 Å². The Balaban J connectivity index is 1.26. The van der Waals surface area contributed by atoms with E-state index < -0.39 is 23.0 Å². The van der Waals surface area contributed by atoms with Gasteiger partial charge in [-0.15, -0.1) is 0 Å². The minimum Gasteiger partial charge on any atom is -0.481 e. The SMILES string of the molecule is Cc1cc(O[C@@H](C)C(=O)NNC(=O)NC23CC4CC(CC(C4)C2)C3)ccc1[N+](=O)[O-]. The number of urea groups is 1. The van der Waals surface area contributed by atoms with E-state index in [1.165, 1.54) is 37.5 Å². The molecule has 4 fully saturated rings. The Hall–Kier alpha value is -2.84. The van der Waals surface area contributed by atoms with Crippen LogP contribution in [0.1, 0.15) is 51.0 Å². The van der Waals surface area contributed by atoms with Crippen LogP contribution in [-0.2, 0) is 4.79 Å². The van der Waals surface area contributed by atoms with Gasteiger partial charge in [-0.2, -0.15) is 0 Å². The van der Waals surface area contributed by atoms with Gasteiger partial charge >= 0.3 is 6.03 Å². The number of nitro benzene ring substituents is 1. The van der Waals surface area contributed by atoms with Crippen LogP contribution in [0.5, 0.6) is 5.75 Å². The van der Waals surface area contributed by atoms with Crippen LogP contribution in [0, 0.1) is 34.8 Å². The second kappa shape index (κ2) is 7.77. The van der Waals surface area contributed by atoms with Crippen molar-refractivity contribution in [2.24, 2.45) is 17.8 Å². The first kappa shape index (κ1) is 20.4. The zero-order valence-corrected chi connectivity index (χ0v) is 17.3. The van der Waals surface area contributed by atoms with Crippen LogP contribution >= 0.6 is 0 Å². The molecule has 1 aromatic carbocycles. The van der Waals surface area contributed by atoms with Gasteiger partial charge in [0.15, 0.2) is 6.10 Å². The predicted molar refractivity (Wildman–Crippen MR) is 109 cm³/mol. The van der Waals surface area contributed by atoms with Crippen LogP contribution in [0.25, 0.3) is 0 Å². The molecule has 4 aliphatic carbocycles. The quantitative estimate of drug-likeness (QED) is 0.503. The van der Waals surface area contributed by atoms with Crippen molar-refractivity contribution in [3.63, 3.8) is 0 Å². The van der Waals surface area contributed by atoms with Crippen LogP contribution in [0.2, 0.25) is 0 Å². The maximum absolute atomic E-state index is 12.4. The summed E-state index contributed by atoms with van der Waals surface area (Å²) in [5.41, 5.74) is 5.13. The summed E-state index contributed by atoms with van der Waals surface area (Å²) in [6.45, 7) is 3.15. The van der Waals surface area contributed by atoms with E-state index in [1.807, 2.05) is 0 Å². The molecular formula is C21H28N4O5. The van der Waals surface area contributed by atoms with Gasteiger partial charge in [0.2, 0.25) is 0 Å². The van der Waals surface area contributed by atoms with Gasteiger partial charge in [0.1, 0.15) is 5.75 Å². The monoisotopic (exact) mass is 416 g/mol. The summed E-state index contributed by atoms with van der Waals surface area (Å²) in [7, 11) is 0. The molecule has 9 heteroatoms. The number of hydrogen-bond donors (Lipinski definition) is 3. The van der Waals surface area contributed by atoms with E-state index in [1.54, 1.807) is 13.8 Å². The number of nitrogens with zero attached hydrogens (tertiary/aromatic N) is 1. The van der Waals surface area contributed by atoms with Crippen molar-refractivity contribution >= 4 is 17.6 Å². The molecule has 0 heterocycles. The molecule has 30 heavy (non-hydrogen) atoms. The standard InChI is InChI=1S/C21H28N4O5/c1-12-5-17(3-4-18(12)25(28)29)30-13(2)19(26)23-24-20(27)22-21-9-14-6-15(10-21)8-16(7-14)11-21/h3-5,13-16H,6-11H2,1-2H3,(H,23,26)(H2,22,24,27)/t13-,14?,15?,16?,21?/m0/s1. The summed E-state index contributed by atoms with van der Waals surface area (Å²) in [5, 5.41) is 14.0. The molecule has 0 radical (unpaired) electrons. The molecule has 0 aliphatic heterocycles. The highest BCUT2D eigenvalue weighted by Crippen LogP contribution is 2.55. The second-order valence-electron chi connectivity index (χ2n) is 9.23. The lowest BCUT2D eigenvalue weighted by Gasteiger charge is -2.56. The topological polar surface area (TPSA) is 123 Å². The Kier molecular flexibility index (Phi) is 5.29. The zero-order chi connectivity index (χ0) is 21.5. The van der Waals surface area contributed by atoms with Gasteiger partial charge < -0.3 is 10.1 Å². The highest BCUT2D eigenvalue weighted by molar-refractivity contribution is 5.84. The van der Waals surface area contributed by atoms with Gasteiger partial charge in [0, 0.05) is 17.2 Å². The first-order chi connectivity index (χ1) is 14.2. The highest BCUT2D eigenvalue weighted by Gasteiger charge is 2.51. The first-order valence-corrected chi connectivity index (χ1v) is 10.5. The maximum atomic E-state index is 12.4. The lowest BCUT2D eigenvalue weighted by Crippen LogP contribution is -2.63. The Labute approximate surface area is 175 Å². The number of aryl methyl sites for hydroxylation is 1. The van der Waals surface area contributed by atoms with E-state index in [4.69, 9.17) is 4.74 Å². The number of nitrogens with one attached hydrogen (secondary N) is 3. The highest BCUT2D eigenvalue weighted by atomic mass is 16.6. The van der Waals surface area contributed by atoms with Crippen molar-refractivity contribution in [2.45, 2.75) is 64.0 Å². The Morgan fingerprint density at radius 2 is 1.73 bits per heavy atom. The molecule has 4 bridgehead atoms. The van der Waals surface area contributed by atoms with Crippen molar-refractivity contribution in [3.8, 4) is 5.75 Å². The van der Waals surface area contributed by atoms with Crippen LogP contribution in [0.15, 0.2) is 18.2 Å². The van der Waals surface area contributed by atoms with Gasteiger partial charge in [-0.1, -0.05) is 0 Å². The Bertz CT molecular complexity index is 836. The summed E-state index contributed by atoms with van der Waals surface area (Å²) in [6, 6.07) is 3.90. The van der Waals surface area contributed by atoms with Gasteiger partial charge in [0.25, 0.3) is 11.6 Å². The number of hydrogen-bond acceptors (Lipinski definition) is 5. The number of nitro groups is 1. The molecule has 1 aromatic rings. The second-order valence-corrected chi connectivity index (χ2v) is 9.23. The minimum atomic E-state index is -0.884. The molecule has 1 atom stereocenters. The number of ether oxygens (including phenoxy) is 1. The van der Waals surface area contributed by atoms with Crippen molar-refractivity contribution in [1.82, 2.24) is 16.2 Å². The number of benzene rings is 1. The number of rotatable bonds is 5. The van der Waals surface area contributed by atoms with E-state index in [2.05, 4.69) is 16.2 Å².